The maximum Gasteiger partial charge on any atom is 0.416 e. The van der Waals surface area contributed by atoms with Crippen LogP contribution in [0.15, 0.2) is 73.1 Å². The van der Waals surface area contributed by atoms with E-state index in [1.54, 1.807) is 28.9 Å². The van der Waals surface area contributed by atoms with Gasteiger partial charge in [-0.2, -0.15) is 18.3 Å². The monoisotopic (exact) mass is 479 g/mol. The number of nitrogens with one attached hydrogen (secondary N) is 1. The molecule has 5 rings (SSSR count). The van der Waals surface area contributed by atoms with Crippen molar-refractivity contribution in [3.05, 3.63) is 106 Å². The van der Waals surface area contributed by atoms with Gasteiger partial charge in [0.2, 0.25) is 0 Å². The molecule has 9 heteroatoms. The molecule has 1 fully saturated rings. The number of nitrogens with zero attached hydrogens (tertiary/aromatic N) is 2. The summed E-state index contributed by atoms with van der Waals surface area (Å²) in [7, 11) is 0. The molecular formula is C26H20F3N3O3. The van der Waals surface area contributed by atoms with Crippen molar-refractivity contribution in [3.8, 4) is 0 Å². The SMILES string of the molecule is O=C(O)c1ccc(C2(NC(=O)c3cnn4cccc(Cc5ccc(C(F)(F)F)cc5)c34)CC2)cc1. The van der Waals surface area contributed by atoms with Gasteiger partial charge in [0.15, 0.2) is 0 Å². The largest absolute Gasteiger partial charge is 0.478 e. The van der Waals surface area contributed by atoms with Crippen molar-refractivity contribution in [1.82, 2.24) is 14.9 Å². The normalized spacial score (nSPS) is 14.6. The van der Waals surface area contributed by atoms with Gasteiger partial charge in [0, 0.05) is 6.20 Å². The van der Waals surface area contributed by atoms with Crippen LogP contribution < -0.4 is 5.32 Å². The zero-order valence-electron chi connectivity index (χ0n) is 18.3. The number of rotatable bonds is 6. The van der Waals surface area contributed by atoms with Crippen molar-refractivity contribution in [2.75, 3.05) is 0 Å². The molecule has 0 radical (unpaired) electrons. The Balaban J connectivity index is 1.41. The van der Waals surface area contributed by atoms with Crippen LogP contribution in [0.4, 0.5) is 13.2 Å². The van der Waals surface area contributed by atoms with Gasteiger partial charge in [-0.15, -0.1) is 0 Å². The lowest BCUT2D eigenvalue weighted by Crippen LogP contribution is -2.34. The molecule has 1 aliphatic carbocycles. The molecule has 1 aliphatic rings. The molecule has 1 saturated carbocycles. The number of benzene rings is 2. The number of halogens is 3. The smallest absolute Gasteiger partial charge is 0.416 e. The summed E-state index contributed by atoms with van der Waals surface area (Å²) in [5.41, 5.74) is 2.10. The van der Waals surface area contributed by atoms with Crippen LogP contribution in [-0.2, 0) is 18.1 Å². The number of aromatic carboxylic acids is 1. The zero-order valence-corrected chi connectivity index (χ0v) is 18.3. The van der Waals surface area contributed by atoms with E-state index in [4.69, 9.17) is 5.11 Å². The van der Waals surface area contributed by atoms with E-state index in [0.29, 0.717) is 23.1 Å². The molecule has 2 aromatic heterocycles. The van der Waals surface area contributed by atoms with Crippen LogP contribution in [0.1, 0.15) is 55.8 Å². The summed E-state index contributed by atoms with van der Waals surface area (Å²) in [5.74, 6) is -1.34. The molecule has 0 spiro atoms. The molecule has 178 valence electrons. The van der Waals surface area contributed by atoms with E-state index in [0.717, 1.165) is 36.1 Å². The van der Waals surface area contributed by atoms with Gasteiger partial charge in [-0.05, 0) is 66.3 Å². The first-order valence-corrected chi connectivity index (χ1v) is 10.9. The van der Waals surface area contributed by atoms with Crippen LogP contribution in [0.25, 0.3) is 5.52 Å². The predicted molar refractivity (Wildman–Crippen MR) is 121 cm³/mol. The lowest BCUT2D eigenvalue weighted by Gasteiger charge is -2.18. The molecule has 0 unspecified atom stereocenters. The Morgan fingerprint density at radius 2 is 1.71 bits per heavy atom. The molecular weight excluding hydrogens is 459 g/mol. The molecule has 2 aromatic carbocycles. The van der Waals surface area contributed by atoms with Gasteiger partial charge in [0.05, 0.1) is 33.9 Å². The third-order valence-corrected chi connectivity index (χ3v) is 6.33. The third kappa shape index (κ3) is 4.37. The molecule has 2 N–H and O–H groups in total. The summed E-state index contributed by atoms with van der Waals surface area (Å²) in [6.45, 7) is 0. The summed E-state index contributed by atoms with van der Waals surface area (Å²) in [5, 5.41) is 16.5. The van der Waals surface area contributed by atoms with Gasteiger partial charge in [-0.1, -0.05) is 30.3 Å². The lowest BCUT2D eigenvalue weighted by atomic mass is 10.0. The minimum absolute atomic E-state index is 0.173. The third-order valence-electron chi connectivity index (χ3n) is 6.33. The fourth-order valence-electron chi connectivity index (χ4n) is 4.28. The molecule has 35 heavy (non-hydrogen) atoms. The van der Waals surface area contributed by atoms with Crippen LogP contribution in [0, 0.1) is 0 Å². The topological polar surface area (TPSA) is 83.7 Å². The lowest BCUT2D eigenvalue weighted by molar-refractivity contribution is -0.137. The highest BCUT2D eigenvalue weighted by molar-refractivity contribution is 6.02. The fourth-order valence-corrected chi connectivity index (χ4v) is 4.28. The summed E-state index contributed by atoms with van der Waals surface area (Å²) in [6, 6.07) is 15.0. The molecule has 1 amide bonds. The van der Waals surface area contributed by atoms with E-state index < -0.39 is 23.2 Å². The number of carbonyl (C=O) groups is 2. The van der Waals surface area contributed by atoms with Crippen LogP contribution in [-0.4, -0.2) is 26.6 Å². The van der Waals surface area contributed by atoms with Crippen molar-refractivity contribution in [3.63, 3.8) is 0 Å². The van der Waals surface area contributed by atoms with Crippen LogP contribution >= 0.6 is 0 Å². The van der Waals surface area contributed by atoms with Crippen LogP contribution in [0.5, 0.6) is 0 Å². The second-order valence-corrected chi connectivity index (χ2v) is 8.68. The summed E-state index contributed by atoms with van der Waals surface area (Å²) in [4.78, 5) is 24.4. The number of pyridine rings is 1. The Hall–Kier alpha value is -4.14. The van der Waals surface area contributed by atoms with Gasteiger partial charge in [0.25, 0.3) is 5.91 Å². The molecule has 4 aromatic rings. The second kappa shape index (κ2) is 8.26. The van der Waals surface area contributed by atoms with E-state index in [1.807, 2.05) is 6.07 Å². The molecule has 6 nitrogen and oxygen atoms in total. The van der Waals surface area contributed by atoms with Crippen molar-refractivity contribution in [2.24, 2.45) is 0 Å². The van der Waals surface area contributed by atoms with Gasteiger partial charge in [-0.25, -0.2) is 9.31 Å². The van der Waals surface area contributed by atoms with Gasteiger partial charge in [-0.3, -0.25) is 4.79 Å². The number of fused-ring (bicyclic) bond motifs is 1. The number of amides is 1. The number of hydrogen-bond acceptors (Lipinski definition) is 3. The first kappa shape index (κ1) is 22.6. The minimum Gasteiger partial charge on any atom is -0.478 e. The van der Waals surface area contributed by atoms with Crippen molar-refractivity contribution < 1.29 is 27.9 Å². The average molecular weight is 479 g/mol. The average Bonchev–Trinajstić information content (AvgIpc) is 3.47. The van der Waals surface area contributed by atoms with Gasteiger partial charge >= 0.3 is 12.1 Å². The number of alkyl halides is 3. The number of hydrogen-bond donors (Lipinski definition) is 2. The highest BCUT2D eigenvalue weighted by Gasteiger charge is 2.46. The van der Waals surface area contributed by atoms with Crippen LogP contribution in [0.2, 0.25) is 0 Å². The molecule has 0 bridgehead atoms. The standard InChI is InChI=1S/C26H20F3N3O3/c27-26(28,29)20-7-3-16(4-8-20)14-18-2-1-13-32-22(18)21(15-30-32)23(33)31-25(11-12-25)19-9-5-17(6-10-19)24(34)35/h1-10,13,15H,11-12,14H2,(H,31,33)(H,34,35). The number of carboxylic acids is 1. The predicted octanol–water partition coefficient (Wildman–Crippen LogP) is 5.06. The van der Waals surface area contributed by atoms with Crippen LogP contribution in [0.3, 0.4) is 0 Å². The zero-order chi connectivity index (χ0) is 24.8. The van der Waals surface area contributed by atoms with Gasteiger partial charge in [0.1, 0.15) is 0 Å². The van der Waals surface area contributed by atoms with E-state index in [-0.39, 0.29) is 11.5 Å². The Kier molecular flexibility index (Phi) is 5.35. The molecule has 0 atom stereocenters. The molecule has 0 aliphatic heterocycles. The Morgan fingerprint density at radius 1 is 1.03 bits per heavy atom. The number of aromatic nitrogens is 2. The Labute approximate surface area is 198 Å². The maximum atomic E-state index is 13.3. The quantitative estimate of drug-likeness (QED) is 0.405. The van der Waals surface area contributed by atoms with Crippen molar-refractivity contribution in [1.29, 1.82) is 0 Å². The van der Waals surface area contributed by atoms with E-state index >= 15 is 0 Å². The minimum atomic E-state index is -4.40. The van der Waals surface area contributed by atoms with Crippen molar-refractivity contribution in [2.45, 2.75) is 31.0 Å². The van der Waals surface area contributed by atoms with Gasteiger partial charge < -0.3 is 10.4 Å². The first-order chi connectivity index (χ1) is 16.7. The first-order valence-electron chi connectivity index (χ1n) is 10.9. The number of carbonyl (C=O) groups excluding carboxylic acids is 1. The van der Waals surface area contributed by atoms with Crippen molar-refractivity contribution >= 4 is 17.4 Å². The Bertz CT molecular complexity index is 1420. The summed E-state index contributed by atoms with van der Waals surface area (Å²) in [6.07, 6.45) is 0.564. The Morgan fingerprint density at radius 3 is 2.31 bits per heavy atom. The highest BCUT2D eigenvalue weighted by atomic mass is 19.4. The molecule has 2 heterocycles. The highest BCUT2D eigenvalue weighted by Crippen LogP contribution is 2.45. The second-order valence-electron chi connectivity index (χ2n) is 8.68. The fraction of sp³-hybridized carbons (Fsp3) is 0.192. The molecule has 0 saturated heterocycles. The maximum absolute atomic E-state index is 13.3. The van der Waals surface area contributed by atoms with E-state index in [2.05, 4.69) is 10.4 Å². The summed E-state index contributed by atoms with van der Waals surface area (Å²) < 4.78 is 40.3. The van der Waals surface area contributed by atoms with E-state index in [1.165, 1.54) is 30.5 Å². The number of carboxylic acid groups (broad SMARTS) is 1. The summed E-state index contributed by atoms with van der Waals surface area (Å²) >= 11 is 0. The van der Waals surface area contributed by atoms with E-state index in [9.17, 15) is 22.8 Å².